The smallest absolute Gasteiger partial charge is 0.227 e. The minimum Gasteiger partial charge on any atom is -0.382 e. The van der Waals surface area contributed by atoms with E-state index in [0.717, 1.165) is 44.6 Å². The van der Waals surface area contributed by atoms with Gasteiger partial charge in [-0.15, -0.1) is 0 Å². The van der Waals surface area contributed by atoms with Crippen molar-refractivity contribution in [1.82, 2.24) is 4.90 Å². The molecule has 2 aromatic carbocycles. The Hall–Kier alpha value is -2.17. The molecule has 1 heterocycles. The van der Waals surface area contributed by atoms with E-state index in [1.807, 2.05) is 42.2 Å². The Morgan fingerprint density at radius 1 is 1.07 bits per heavy atom. The van der Waals surface area contributed by atoms with Crippen LogP contribution in [0.1, 0.15) is 37.3 Å². The summed E-state index contributed by atoms with van der Waals surface area (Å²) in [7, 11) is 1.74. The molecule has 0 atom stereocenters. The molecule has 0 N–H and O–H groups in total. The maximum absolute atomic E-state index is 13.0. The van der Waals surface area contributed by atoms with Crippen LogP contribution in [0, 0.1) is 6.92 Å². The molecule has 3 rings (SSSR count). The van der Waals surface area contributed by atoms with Crippen molar-refractivity contribution in [2.75, 3.05) is 38.3 Å². The quantitative estimate of drug-likeness (QED) is 0.663. The third-order valence-electron chi connectivity index (χ3n) is 6.08. The second kappa shape index (κ2) is 10.0. The van der Waals surface area contributed by atoms with Crippen LogP contribution in [0.4, 0.5) is 5.69 Å². The van der Waals surface area contributed by atoms with E-state index in [1.54, 1.807) is 7.11 Å². The zero-order valence-electron chi connectivity index (χ0n) is 18.1. The summed E-state index contributed by atoms with van der Waals surface area (Å²) in [6, 6.07) is 18.9. The molecule has 0 bridgehead atoms. The maximum Gasteiger partial charge on any atom is 0.227 e. The SMILES string of the molecule is CCC(=O)N(c1ccccc1)C1(COC)CCN(CCc2ccc(C)cc2)CC1. The lowest BCUT2D eigenvalue weighted by Gasteiger charge is -2.48. The average molecular weight is 395 g/mol. The first-order valence-electron chi connectivity index (χ1n) is 10.7. The standard InChI is InChI=1S/C25H34N2O2/c1-4-24(28)27(23-8-6-5-7-9-23)25(20-29-3)15-18-26(19-16-25)17-14-22-12-10-21(2)11-13-22/h5-13H,4,14-20H2,1-3H3. The number of nitrogens with zero attached hydrogens (tertiary/aromatic N) is 2. The number of hydrogen-bond acceptors (Lipinski definition) is 3. The number of carbonyl (C=O) groups is 1. The van der Waals surface area contributed by atoms with E-state index in [9.17, 15) is 4.79 Å². The average Bonchev–Trinajstić information content (AvgIpc) is 2.75. The molecule has 1 fully saturated rings. The van der Waals surface area contributed by atoms with Gasteiger partial charge in [-0.25, -0.2) is 0 Å². The van der Waals surface area contributed by atoms with Gasteiger partial charge in [0.1, 0.15) is 0 Å². The number of ether oxygens (including phenoxy) is 1. The summed E-state index contributed by atoms with van der Waals surface area (Å²) in [5.74, 6) is 0.168. The van der Waals surface area contributed by atoms with E-state index in [-0.39, 0.29) is 11.4 Å². The molecule has 1 saturated heterocycles. The Labute approximate surface area is 175 Å². The minimum absolute atomic E-state index is 0.168. The molecule has 1 amide bonds. The van der Waals surface area contributed by atoms with Crippen LogP contribution in [0.2, 0.25) is 0 Å². The van der Waals surface area contributed by atoms with Gasteiger partial charge in [0.05, 0.1) is 12.1 Å². The van der Waals surface area contributed by atoms with Crippen LogP contribution < -0.4 is 4.90 Å². The first-order chi connectivity index (χ1) is 14.1. The first-order valence-corrected chi connectivity index (χ1v) is 10.7. The fraction of sp³-hybridized carbons (Fsp3) is 0.480. The molecular weight excluding hydrogens is 360 g/mol. The molecule has 2 aromatic rings. The molecule has 4 heteroatoms. The van der Waals surface area contributed by atoms with Gasteiger partial charge in [0.15, 0.2) is 0 Å². The van der Waals surface area contributed by atoms with Crippen molar-refractivity contribution in [2.45, 2.75) is 45.1 Å². The van der Waals surface area contributed by atoms with Crippen LogP contribution in [-0.2, 0) is 16.0 Å². The van der Waals surface area contributed by atoms with Gasteiger partial charge < -0.3 is 14.5 Å². The van der Waals surface area contributed by atoms with Crippen molar-refractivity contribution in [2.24, 2.45) is 0 Å². The summed E-state index contributed by atoms with van der Waals surface area (Å²) in [5, 5.41) is 0. The number of piperidine rings is 1. The summed E-state index contributed by atoms with van der Waals surface area (Å²) in [5.41, 5.74) is 3.39. The van der Waals surface area contributed by atoms with Crippen molar-refractivity contribution in [3.63, 3.8) is 0 Å². The number of anilines is 1. The highest BCUT2D eigenvalue weighted by molar-refractivity contribution is 5.94. The Balaban J connectivity index is 1.70. The first kappa shape index (κ1) is 21.5. The molecule has 29 heavy (non-hydrogen) atoms. The summed E-state index contributed by atoms with van der Waals surface area (Å²) in [4.78, 5) is 17.5. The lowest BCUT2D eigenvalue weighted by atomic mass is 9.85. The van der Waals surface area contributed by atoms with E-state index in [1.165, 1.54) is 11.1 Å². The molecule has 4 nitrogen and oxygen atoms in total. The van der Waals surface area contributed by atoms with Crippen LogP contribution in [-0.4, -0.2) is 49.7 Å². The van der Waals surface area contributed by atoms with Gasteiger partial charge in [0, 0.05) is 38.9 Å². The number of amides is 1. The van der Waals surface area contributed by atoms with Crippen molar-refractivity contribution >= 4 is 11.6 Å². The van der Waals surface area contributed by atoms with E-state index in [4.69, 9.17) is 4.74 Å². The molecule has 0 saturated carbocycles. The zero-order chi connectivity index (χ0) is 20.7. The van der Waals surface area contributed by atoms with Gasteiger partial charge >= 0.3 is 0 Å². The van der Waals surface area contributed by atoms with Gasteiger partial charge in [-0.2, -0.15) is 0 Å². The molecule has 0 radical (unpaired) electrons. The van der Waals surface area contributed by atoms with Gasteiger partial charge in [-0.05, 0) is 43.9 Å². The van der Waals surface area contributed by atoms with Crippen molar-refractivity contribution in [3.05, 3.63) is 65.7 Å². The number of likely N-dealkylation sites (tertiary alicyclic amines) is 1. The van der Waals surface area contributed by atoms with E-state index in [2.05, 4.69) is 36.1 Å². The highest BCUT2D eigenvalue weighted by Crippen LogP contribution is 2.34. The number of benzene rings is 2. The lowest BCUT2D eigenvalue weighted by Crippen LogP contribution is -2.60. The lowest BCUT2D eigenvalue weighted by molar-refractivity contribution is -0.120. The third kappa shape index (κ3) is 5.26. The normalized spacial score (nSPS) is 16.5. The number of hydrogen-bond donors (Lipinski definition) is 0. The summed E-state index contributed by atoms with van der Waals surface area (Å²) >= 11 is 0. The van der Waals surface area contributed by atoms with E-state index in [0.29, 0.717) is 13.0 Å². The molecule has 1 aliphatic rings. The van der Waals surface area contributed by atoms with Crippen LogP contribution in [0.25, 0.3) is 0 Å². The topological polar surface area (TPSA) is 32.8 Å². The third-order valence-corrected chi connectivity index (χ3v) is 6.08. The molecule has 0 aromatic heterocycles. The largest absolute Gasteiger partial charge is 0.382 e. The monoisotopic (exact) mass is 394 g/mol. The second-order valence-corrected chi connectivity index (χ2v) is 8.15. The number of methoxy groups -OCH3 is 1. The van der Waals surface area contributed by atoms with E-state index >= 15 is 0 Å². The van der Waals surface area contributed by atoms with Crippen LogP contribution in [0.5, 0.6) is 0 Å². The summed E-state index contributed by atoms with van der Waals surface area (Å²) < 4.78 is 5.65. The molecule has 0 spiro atoms. The predicted octanol–water partition coefficient (Wildman–Crippen LogP) is 4.46. The number of aryl methyl sites for hydroxylation is 1. The maximum atomic E-state index is 13.0. The van der Waals surface area contributed by atoms with Gasteiger partial charge in [-0.1, -0.05) is 55.0 Å². The molecule has 156 valence electrons. The second-order valence-electron chi connectivity index (χ2n) is 8.15. The highest BCUT2D eigenvalue weighted by atomic mass is 16.5. The van der Waals surface area contributed by atoms with Crippen molar-refractivity contribution in [3.8, 4) is 0 Å². The Morgan fingerprint density at radius 3 is 2.31 bits per heavy atom. The van der Waals surface area contributed by atoms with Gasteiger partial charge in [0.25, 0.3) is 0 Å². The molecule has 0 unspecified atom stereocenters. The van der Waals surface area contributed by atoms with Gasteiger partial charge in [-0.3, -0.25) is 4.79 Å². The number of carbonyl (C=O) groups excluding carboxylic acids is 1. The fourth-order valence-corrected chi connectivity index (χ4v) is 4.35. The number of rotatable bonds is 8. The van der Waals surface area contributed by atoms with Crippen LogP contribution in [0.15, 0.2) is 54.6 Å². The summed E-state index contributed by atoms with van der Waals surface area (Å²) in [6.45, 7) is 7.65. The van der Waals surface area contributed by atoms with Gasteiger partial charge in [0.2, 0.25) is 5.91 Å². The predicted molar refractivity (Wildman–Crippen MR) is 119 cm³/mol. The Bertz CT molecular complexity index is 765. The Morgan fingerprint density at radius 2 is 1.72 bits per heavy atom. The van der Waals surface area contributed by atoms with Crippen molar-refractivity contribution < 1.29 is 9.53 Å². The van der Waals surface area contributed by atoms with Crippen molar-refractivity contribution in [1.29, 1.82) is 0 Å². The molecular formula is C25H34N2O2. The molecule has 0 aliphatic carbocycles. The number of para-hydroxylation sites is 1. The zero-order valence-corrected chi connectivity index (χ0v) is 18.1. The highest BCUT2D eigenvalue weighted by Gasteiger charge is 2.42. The summed E-state index contributed by atoms with van der Waals surface area (Å²) in [6.07, 6.45) is 3.41. The van der Waals surface area contributed by atoms with Crippen LogP contribution >= 0.6 is 0 Å². The Kier molecular flexibility index (Phi) is 7.45. The van der Waals surface area contributed by atoms with Crippen LogP contribution in [0.3, 0.4) is 0 Å². The fourth-order valence-electron chi connectivity index (χ4n) is 4.35. The molecule has 1 aliphatic heterocycles. The van der Waals surface area contributed by atoms with E-state index < -0.39 is 0 Å². The minimum atomic E-state index is -0.274.